The number of amides is 3. The Morgan fingerprint density at radius 3 is 1.90 bits per heavy atom. The molecule has 5 atom stereocenters. The number of nitrogens with one attached hydrogen (secondary N) is 3. The lowest BCUT2D eigenvalue weighted by molar-refractivity contribution is -0.143. The van der Waals surface area contributed by atoms with Crippen LogP contribution >= 0.6 is 11.8 Å². The van der Waals surface area contributed by atoms with Crippen molar-refractivity contribution < 1.29 is 34.5 Å². The average molecular weight is 437 g/mol. The molecule has 5 unspecified atom stereocenters. The maximum atomic E-state index is 12.6. The SMILES string of the molecule is CSCCC(NC(=O)C(N)C(C)O)C(=O)NC(CO)C(=O)NC(C(=O)O)C(C)C. The molecule has 12 heteroatoms. The van der Waals surface area contributed by atoms with Crippen LogP contribution < -0.4 is 21.7 Å². The van der Waals surface area contributed by atoms with Crippen molar-refractivity contribution >= 4 is 35.5 Å². The number of aliphatic hydroxyl groups excluding tert-OH is 2. The molecule has 0 saturated heterocycles. The zero-order chi connectivity index (χ0) is 22.7. The van der Waals surface area contributed by atoms with Crippen LogP contribution in [0.1, 0.15) is 27.2 Å². The van der Waals surface area contributed by atoms with E-state index in [2.05, 4.69) is 16.0 Å². The third-order valence-corrected chi connectivity index (χ3v) is 4.76. The predicted octanol–water partition coefficient (Wildman–Crippen LogP) is -2.37. The number of rotatable bonds is 13. The van der Waals surface area contributed by atoms with Crippen molar-refractivity contribution in [2.45, 2.75) is 57.5 Å². The first kappa shape index (κ1) is 27.1. The third-order valence-electron chi connectivity index (χ3n) is 4.11. The smallest absolute Gasteiger partial charge is 0.326 e. The monoisotopic (exact) mass is 436 g/mol. The molecule has 0 aromatic carbocycles. The molecule has 3 amide bonds. The lowest BCUT2D eigenvalue weighted by Gasteiger charge is -2.25. The number of carboxylic acid groups (broad SMARTS) is 1. The standard InChI is InChI=1S/C17H32N4O7S/c1-8(2)13(17(27)28)21-15(25)11(7-22)20-14(24)10(5-6-29-4)19-16(26)12(18)9(3)23/h8-13,22-23H,5-7,18H2,1-4H3,(H,19,26)(H,20,24)(H,21,25)(H,27,28). The Balaban J connectivity index is 5.19. The van der Waals surface area contributed by atoms with E-state index >= 15 is 0 Å². The van der Waals surface area contributed by atoms with Crippen LogP contribution in [0.15, 0.2) is 0 Å². The van der Waals surface area contributed by atoms with Gasteiger partial charge in [0.05, 0.1) is 12.7 Å². The largest absolute Gasteiger partial charge is 0.480 e. The summed E-state index contributed by atoms with van der Waals surface area (Å²) in [6.07, 6.45) is 0.897. The van der Waals surface area contributed by atoms with Crippen molar-refractivity contribution in [2.24, 2.45) is 11.7 Å². The first-order valence-corrected chi connectivity index (χ1v) is 10.5. The van der Waals surface area contributed by atoms with E-state index in [9.17, 15) is 29.4 Å². The zero-order valence-electron chi connectivity index (χ0n) is 17.0. The van der Waals surface area contributed by atoms with Gasteiger partial charge in [-0.2, -0.15) is 11.8 Å². The zero-order valence-corrected chi connectivity index (χ0v) is 17.9. The Hall–Kier alpha value is -1.89. The number of carbonyl (C=O) groups excluding carboxylic acids is 3. The summed E-state index contributed by atoms with van der Waals surface area (Å²) in [7, 11) is 0. The molecule has 0 heterocycles. The Morgan fingerprint density at radius 1 is 0.966 bits per heavy atom. The van der Waals surface area contributed by atoms with Gasteiger partial charge in [0.2, 0.25) is 17.7 Å². The molecule has 29 heavy (non-hydrogen) atoms. The Kier molecular flexibility index (Phi) is 12.5. The molecule has 0 aliphatic heterocycles. The predicted molar refractivity (Wildman–Crippen MR) is 108 cm³/mol. The topological polar surface area (TPSA) is 191 Å². The van der Waals surface area contributed by atoms with Crippen molar-refractivity contribution in [1.82, 2.24) is 16.0 Å². The molecule has 0 fully saturated rings. The minimum atomic E-state index is -1.40. The molecule has 0 aromatic heterocycles. The Labute approximate surface area is 174 Å². The van der Waals surface area contributed by atoms with Crippen molar-refractivity contribution in [3.63, 3.8) is 0 Å². The van der Waals surface area contributed by atoms with Gasteiger partial charge in [0, 0.05) is 0 Å². The number of carbonyl (C=O) groups is 4. The van der Waals surface area contributed by atoms with Crippen molar-refractivity contribution in [1.29, 1.82) is 0 Å². The average Bonchev–Trinajstić information content (AvgIpc) is 2.65. The fourth-order valence-electron chi connectivity index (χ4n) is 2.23. The van der Waals surface area contributed by atoms with Crippen LogP contribution in [0.2, 0.25) is 0 Å². The summed E-state index contributed by atoms with van der Waals surface area (Å²) in [6, 6.07) is -4.88. The van der Waals surface area contributed by atoms with E-state index in [1.54, 1.807) is 20.1 Å². The fourth-order valence-corrected chi connectivity index (χ4v) is 2.70. The van der Waals surface area contributed by atoms with Crippen LogP contribution in [0.25, 0.3) is 0 Å². The maximum absolute atomic E-state index is 12.6. The van der Waals surface area contributed by atoms with Crippen molar-refractivity contribution in [3.8, 4) is 0 Å². The summed E-state index contributed by atoms with van der Waals surface area (Å²) < 4.78 is 0. The van der Waals surface area contributed by atoms with E-state index in [0.29, 0.717) is 5.75 Å². The molecule has 0 spiro atoms. The Bertz CT molecular complexity index is 574. The molecule has 0 aliphatic carbocycles. The first-order chi connectivity index (χ1) is 13.5. The lowest BCUT2D eigenvalue weighted by atomic mass is 10.0. The first-order valence-electron chi connectivity index (χ1n) is 9.13. The molecular formula is C17H32N4O7S. The molecule has 0 rings (SSSR count). The van der Waals surface area contributed by atoms with Crippen LogP contribution in [-0.4, -0.2) is 87.9 Å². The highest BCUT2D eigenvalue weighted by Crippen LogP contribution is 2.05. The van der Waals surface area contributed by atoms with Gasteiger partial charge in [-0.15, -0.1) is 0 Å². The van der Waals surface area contributed by atoms with E-state index < -0.39 is 66.5 Å². The molecular weight excluding hydrogens is 404 g/mol. The van der Waals surface area contributed by atoms with Gasteiger partial charge in [-0.25, -0.2) is 4.79 Å². The second-order valence-electron chi connectivity index (χ2n) is 6.92. The number of aliphatic hydroxyl groups is 2. The quantitative estimate of drug-likeness (QED) is 0.165. The van der Waals surface area contributed by atoms with Gasteiger partial charge in [0.15, 0.2) is 0 Å². The van der Waals surface area contributed by atoms with Crippen LogP contribution in [0.4, 0.5) is 0 Å². The minimum absolute atomic E-state index is 0.217. The molecule has 0 aromatic rings. The lowest BCUT2D eigenvalue weighted by Crippen LogP contribution is -2.59. The van der Waals surface area contributed by atoms with Crippen LogP contribution in [0.3, 0.4) is 0 Å². The third kappa shape index (κ3) is 9.43. The molecule has 0 saturated carbocycles. The van der Waals surface area contributed by atoms with Crippen LogP contribution in [0, 0.1) is 5.92 Å². The molecule has 0 bridgehead atoms. The fraction of sp³-hybridized carbons (Fsp3) is 0.765. The number of hydrogen-bond donors (Lipinski definition) is 7. The number of carboxylic acids is 1. The van der Waals surface area contributed by atoms with Gasteiger partial charge in [-0.05, 0) is 31.3 Å². The summed E-state index contributed by atoms with van der Waals surface area (Å²) in [5.74, 6) is -3.49. The van der Waals surface area contributed by atoms with Gasteiger partial charge in [-0.1, -0.05) is 13.8 Å². The highest BCUT2D eigenvalue weighted by Gasteiger charge is 2.31. The highest BCUT2D eigenvalue weighted by molar-refractivity contribution is 7.98. The van der Waals surface area contributed by atoms with E-state index in [1.807, 2.05) is 0 Å². The van der Waals surface area contributed by atoms with Crippen molar-refractivity contribution in [2.75, 3.05) is 18.6 Å². The molecule has 0 radical (unpaired) electrons. The van der Waals surface area contributed by atoms with E-state index in [4.69, 9.17) is 10.8 Å². The van der Waals surface area contributed by atoms with E-state index in [0.717, 1.165) is 0 Å². The number of hydrogen-bond acceptors (Lipinski definition) is 8. The van der Waals surface area contributed by atoms with Crippen LogP contribution in [-0.2, 0) is 19.2 Å². The summed E-state index contributed by atoms with van der Waals surface area (Å²) in [6.45, 7) is 3.77. The normalized spacial score (nSPS) is 16.3. The maximum Gasteiger partial charge on any atom is 0.326 e. The number of nitrogens with two attached hydrogens (primary N) is 1. The molecule has 11 nitrogen and oxygen atoms in total. The molecule has 0 aliphatic rings. The molecule has 168 valence electrons. The van der Waals surface area contributed by atoms with Crippen LogP contribution in [0.5, 0.6) is 0 Å². The van der Waals surface area contributed by atoms with E-state index in [1.165, 1.54) is 18.7 Å². The minimum Gasteiger partial charge on any atom is -0.480 e. The summed E-state index contributed by atoms with van der Waals surface area (Å²) in [5.41, 5.74) is 5.57. The highest BCUT2D eigenvalue weighted by atomic mass is 32.2. The number of thioether (sulfide) groups is 1. The summed E-state index contributed by atoms with van der Waals surface area (Å²) in [5, 5.41) is 35.1. The second kappa shape index (κ2) is 13.4. The van der Waals surface area contributed by atoms with Gasteiger partial charge < -0.3 is 37.0 Å². The Morgan fingerprint density at radius 2 is 1.48 bits per heavy atom. The van der Waals surface area contributed by atoms with Gasteiger partial charge in [0.1, 0.15) is 24.2 Å². The van der Waals surface area contributed by atoms with Gasteiger partial charge in [-0.3, -0.25) is 14.4 Å². The van der Waals surface area contributed by atoms with E-state index in [-0.39, 0.29) is 6.42 Å². The van der Waals surface area contributed by atoms with Crippen molar-refractivity contribution in [3.05, 3.63) is 0 Å². The summed E-state index contributed by atoms with van der Waals surface area (Å²) in [4.78, 5) is 48.1. The van der Waals surface area contributed by atoms with Gasteiger partial charge >= 0.3 is 5.97 Å². The second-order valence-corrected chi connectivity index (χ2v) is 7.91. The molecule has 8 N–H and O–H groups in total. The van der Waals surface area contributed by atoms with Gasteiger partial charge in [0.25, 0.3) is 0 Å². The summed E-state index contributed by atoms with van der Waals surface area (Å²) >= 11 is 1.43. The number of aliphatic carboxylic acids is 1.